The van der Waals surface area contributed by atoms with Crippen LogP contribution in [0, 0.1) is 0 Å². The Balaban J connectivity index is 2.07. The molecule has 0 radical (unpaired) electrons. The van der Waals surface area contributed by atoms with Crippen LogP contribution < -0.4 is 0 Å². The van der Waals surface area contributed by atoms with Crippen LogP contribution in [0.5, 0.6) is 0 Å². The van der Waals surface area contributed by atoms with Crippen LogP contribution in [0.25, 0.3) is 21.5 Å². The Kier molecular flexibility index (Phi) is 4.27. The van der Waals surface area contributed by atoms with Gasteiger partial charge in [-0.2, -0.15) is 0 Å². The second-order valence-electron chi connectivity index (χ2n) is 5.20. The van der Waals surface area contributed by atoms with Gasteiger partial charge in [0, 0.05) is 24.9 Å². The first kappa shape index (κ1) is 13.8. The van der Waals surface area contributed by atoms with Crippen molar-refractivity contribution in [3.63, 3.8) is 0 Å². The molecule has 0 fully saturated rings. The van der Waals surface area contributed by atoms with Gasteiger partial charge in [0.25, 0.3) is 0 Å². The summed E-state index contributed by atoms with van der Waals surface area (Å²) in [6.45, 7) is 1.00. The third-order valence-corrected chi connectivity index (χ3v) is 3.73. The summed E-state index contributed by atoms with van der Waals surface area (Å²) in [5.74, 6) is 0. The van der Waals surface area contributed by atoms with Crippen LogP contribution in [0.2, 0.25) is 0 Å². The molecule has 106 valence electrons. The molecule has 21 heavy (non-hydrogen) atoms. The zero-order valence-electron chi connectivity index (χ0n) is 12.0. The number of hydrogen-bond acceptors (Lipinski definition) is 2. The molecule has 0 saturated carbocycles. The van der Waals surface area contributed by atoms with Crippen molar-refractivity contribution < 1.29 is 5.11 Å². The van der Waals surface area contributed by atoms with Crippen molar-refractivity contribution in [1.29, 1.82) is 0 Å². The Bertz CT molecular complexity index is 723. The van der Waals surface area contributed by atoms with Gasteiger partial charge in [0.15, 0.2) is 0 Å². The van der Waals surface area contributed by atoms with Gasteiger partial charge in [-0.3, -0.25) is 4.99 Å². The standard InChI is InChI=1S/C19H19NO/c21-12-6-5-11-20-14-19-17-9-3-1-7-15(17)13-16-8-2-4-10-18(16)19/h1-4,7-10,13-14,21H,5-6,11-12H2. The summed E-state index contributed by atoms with van der Waals surface area (Å²) in [5, 5.41) is 13.8. The van der Waals surface area contributed by atoms with Gasteiger partial charge in [0.05, 0.1) is 0 Å². The number of fused-ring (bicyclic) bond motifs is 2. The Morgan fingerprint density at radius 1 is 0.857 bits per heavy atom. The minimum Gasteiger partial charge on any atom is -0.396 e. The van der Waals surface area contributed by atoms with E-state index in [1.54, 1.807) is 0 Å². The second-order valence-corrected chi connectivity index (χ2v) is 5.20. The molecule has 0 aromatic heterocycles. The van der Waals surface area contributed by atoms with Crippen molar-refractivity contribution in [3.8, 4) is 0 Å². The average molecular weight is 277 g/mol. The van der Waals surface area contributed by atoms with Gasteiger partial charge in [-0.25, -0.2) is 0 Å². The Morgan fingerprint density at radius 2 is 1.48 bits per heavy atom. The monoisotopic (exact) mass is 277 g/mol. The zero-order valence-corrected chi connectivity index (χ0v) is 12.0. The molecule has 0 unspecified atom stereocenters. The molecule has 3 aromatic rings. The van der Waals surface area contributed by atoms with E-state index in [1.807, 2.05) is 6.21 Å². The molecule has 0 heterocycles. The minimum absolute atomic E-state index is 0.243. The van der Waals surface area contributed by atoms with E-state index >= 15 is 0 Å². The summed E-state index contributed by atoms with van der Waals surface area (Å²) in [6, 6.07) is 19.1. The Hall–Kier alpha value is -2.19. The SMILES string of the molecule is OCCCCN=Cc1c2ccccc2cc2ccccc12. The maximum atomic E-state index is 8.81. The van der Waals surface area contributed by atoms with Crippen molar-refractivity contribution in [1.82, 2.24) is 0 Å². The largest absolute Gasteiger partial charge is 0.396 e. The van der Waals surface area contributed by atoms with E-state index in [0.29, 0.717) is 0 Å². The fourth-order valence-electron chi connectivity index (χ4n) is 2.66. The van der Waals surface area contributed by atoms with Gasteiger partial charge in [-0.05, 0) is 40.5 Å². The highest BCUT2D eigenvalue weighted by atomic mass is 16.2. The topological polar surface area (TPSA) is 32.6 Å². The quantitative estimate of drug-likeness (QED) is 0.423. The number of aliphatic hydroxyl groups is 1. The highest BCUT2D eigenvalue weighted by molar-refractivity contribution is 6.13. The van der Waals surface area contributed by atoms with Crippen LogP contribution in [-0.2, 0) is 0 Å². The molecule has 0 bridgehead atoms. The van der Waals surface area contributed by atoms with Gasteiger partial charge < -0.3 is 5.11 Å². The smallest absolute Gasteiger partial charge is 0.0431 e. The van der Waals surface area contributed by atoms with Crippen LogP contribution in [0.1, 0.15) is 18.4 Å². The van der Waals surface area contributed by atoms with Crippen LogP contribution in [-0.4, -0.2) is 24.5 Å². The summed E-state index contributed by atoms with van der Waals surface area (Å²) in [5.41, 5.74) is 1.19. The van der Waals surface area contributed by atoms with E-state index in [2.05, 4.69) is 59.6 Å². The molecule has 3 rings (SSSR count). The van der Waals surface area contributed by atoms with E-state index in [0.717, 1.165) is 19.4 Å². The van der Waals surface area contributed by atoms with Gasteiger partial charge in [0.1, 0.15) is 0 Å². The maximum Gasteiger partial charge on any atom is 0.0431 e. The summed E-state index contributed by atoms with van der Waals surface area (Å²) in [6.07, 6.45) is 3.73. The molecule has 3 aromatic carbocycles. The van der Waals surface area contributed by atoms with Crippen molar-refractivity contribution >= 4 is 27.8 Å². The number of hydrogen-bond donors (Lipinski definition) is 1. The van der Waals surface area contributed by atoms with Gasteiger partial charge in [0.2, 0.25) is 0 Å². The number of nitrogens with zero attached hydrogens (tertiary/aromatic N) is 1. The number of rotatable bonds is 5. The van der Waals surface area contributed by atoms with E-state index in [9.17, 15) is 0 Å². The molecule has 0 atom stereocenters. The lowest BCUT2D eigenvalue weighted by molar-refractivity contribution is 0.285. The van der Waals surface area contributed by atoms with E-state index in [1.165, 1.54) is 27.1 Å². The number of aliphatic hydroxyl groups excluding tert-OH is 1. The molecule has 0 saturated heterocycles. The third-order valence-electron chi connectivity index (χ3n) is 3.73. The van der Waals surface area contributed by atoms with E-state index in [4.69, 9.17) is 5.11 Å². The minimum atomic E-state index is 0.243. The fourth-order valence-corrected chi connectivity index (χ4v) is 2.66. The number of unbranched alkanes of at least 4 members (excludes halogenated alkanes) is 1. The van der Waals surface area contributed by atoms with Crippen molar-refractivity contribution in [2.45, 2.75) is 12.8 Å². The summed E-state index contributed by atoms with van der Waals surface area (Å²) >= 11 is 0. The lowest BCUT2D eigenvalue weighted by atomic mass is 9.97. The molecule has 2 heteroatoms. The summed E-state index contributed by atoms with van der Waals surface area (Å²) in [7, 11) is 0. The first-order chi connectivity index (χ1) is 10.4. The van der Waals surface area contributed by atoms with Crippen LogP contribution in [0.4, 0.5) is 0 Å². The third kappa shape index (κ3) is 2.96. The second kappa shape index (κ2) is 6.51. The molecule has 2 nitrogen and oxygen atoms in total. The van der Waals surface area contributed by atoms with Crippen molar-refractivity contribution in [3.05, 3.63) is 60.2 Å². The molecule has 1 N–H and O–H groups in total. The van der Waals surface area contributed by atoms with Gasteiger partial charge >= 0.3 is 0 Å². The lowest BCUT2D eigenvalue weighted by Gasteiger charge is -2.07. The van der Waals surface area contributed by atoms with Crippen molar-refractivity contribution in [2.75, 3.05) is 13.2 Å². The summed E-state index contributed by atoms with van der Waals surface area (Å²) < 4.78 is 0. The van der Waals surface area contributed by atoms with Crippen molar-refractivity contribution in [2.24, 2.45) is 4.99 Å². The zero-order chi connectivity index (χ0) is 14.5. The molecule has 0 aliphatic carbocycles. The molecule has 0 amide bonds. The summed E-state index contributed by atoms with van der Waals surface area (Å²) in [4.78, 5) is 4.54. The lowest BCUT2D eigenvalue weighted by Crippen LogP contribution is -1.91. The first-order valence-corrected chi connectivity index (χ1v) is 7.41. The van der Waals surface area contributed by atoms with Gasteiger partial charge in [-0.15, -0.1) is 0 Å². The van der Waals surface area contributed by atoms with Crippen LogP contribution >= 0.6 is 0 Å². The molecule has 0 aliphatic heterocycles. The fraction of sp³-hybridized carbons (Fsp3) is 0.211. The molecular weight excluding hydrogens is 258 g/mol. The predicted molar refractivity (Wildman–Crippen MR) is 90.2 cm³/mol. The van der Waals surface area contributed by atoms with Crippen LogP contribution in [0.3, 0.4) is 0 Å². The first-order valence-electron chi connectivity index (χ1n) is 7.41. The highest BCUT2D eigenvalue weighted by Crippen LogP contribution is 2.27. The number of benzene rings is 3. The number of aliphatic imine (C=N–C) groups is 1. The average Bonchev–Trinajstić information content (AvgIpc) is 2.53. The normalized spacial score (nSPS) is 11.7. The Morgan fingerprint density at radius 3 is 2.10 bits per heavy atom. The van der Waals surface area contributed by atoms with Crippen LogP contribution in [0.15, 0.2) is 59.6 Å². The maximum absolute atomic E-state index is 8.81. The Labute approximate surface area is 124 Å². The van der Waals surface area contributed by atoms with E-state index < -0.39 is 0 Å². The molecule has 0 aliphatic rings. The predicted octanol–water partition coefficient (Wildman–Crippen LogP) is 4.18. The highest BCUT2D eigenvalue weighted by Gasteiger charge is 2.04. The van der Waals surface area contributed by atoms with Gasteiger partial charge in [-0.1, -0.05) is 48.5 Å². The molecular formula is C19H19NO. The molecule has 0 spiro atoms. The van der Waals surface area contributed by atoms with E-state index in [-0.39, 0.29) is 6.61 Å².